The van der Waals surface area contributed by atoms with Gasteiger partial charge < -0.3 is 10.6 Å². The summed E-state index contributed by atoms with van der Waals surface area (Å²) < 4.78 is 1.81. The molecule has 2 rings (SSSR count). The summed E-state index contributed by atoms with van der Waals surface area (Å²) in [4.78, 5) is 4.93. The van der Waals surface area contributed by atoms with Gasteiger partial charge in [0.15, 0.2) is 0 Å². The van der Waals surface area contributed by atoms with Crippen LogP contribution < -0.4 is 5.73 Å². The highest BCUT2D eigenvalue weighted by molar-refractivity contribution is 5.10. The molecule has 1 aromatic rings. The second kappa shape index (κ2) is 5.82. The van der Waals surface area contributed by atoms with E-state index in [0.29, 0.717) is 6.04 Å². The average Bonchev–Trinajstić information content (AvgIpc) is 2.78. The molecule has 2 heterocycles. The van der Waals surface area contributed by atoms with E-state index in [4.69, 9.17) is 5.73 Å². The first-order valence-electron chi connectivity index (χ1n) is 6.77. The number of nitrogens with zero attached hydrogens (tertiary/aromatic N) is 4. The molecule has 1 aliphatic rings. The molecule has 0 aromatic carbocycles. The van der Waals surface area contributed by atoms with Gasteiger partial charge >= 0.3 is 0 Å². The van der Waals surface area contributed by atoms with Crippen molar-refractivity contribution in [3.8, 4) is 0 Å². The Bertz CT molecular complexity index is 375. The molecular formula is C13H25N5. The predicted octanol–water partition coefficient (Wildman–Crippen LogP) is 0.446. The zero-order valence-corrected chi connectivity index (χ0v) is 11.7. The lowest BCUT2D eigenvalue weighted by atomic mass is 10.1. The van der Waals surface area contributed by atoms with Crippen LogP contribution in [0, 0.1) is 0 Å². The molecule has 2 N–H and O–H groups in total. The molecule has 5 nitrogen and oxygen atoms in total. The SMILES string of the molecule is CCC1CN(CC(N)c2cnn(C)c2)CCN1C. The summed E-state index contributed by atoms with van der Waals surface area (Å²) in [6.07, 6.45) is 5.09. The summed E-state index contributed by atoms with van der Waals surface area (Å²) in [5.41, 5.74) is 7.38. The van der Waals surface area contributed by atoms with Crippen LogP contribution in [-0.2, 0) is 7.05 Å². The molecular weight excluding hydrogens is 226 g/mol. The largest absolute Gasteiger partial charge is 0.323 e. The van der Waals surface area contributed by atoms with Crippen molar-refractivity contribution in [2.45, 2.75) is 25.4 Å². The first kappa shape index (κ1) is 13.5. The smallest absolute Gasteiger partial charge is 0.0537 e. The van der Waals surface area contributed by atoms with Gasteiger partial charge in [-0.15, -0.1) is 0 Å². The number of hydrogen-bond acceptors (Lipinski definition) is 4. The van der Waals surface area contributed by atoms with Crippen LogP contribution in [0.4, 0.5) is 0 Å². The Morgan fingerprint density at radius 1 is 1.44 bits per heavy atom. The fourth-order valence-corrected chi connectivity index (χ4v) is 2.63. The predicted molar refractivity (Wildman–Crippen MR) is 73.3 cm³/mol. The summed E-state index contributed by atoms with van der Waals surface area (Å²) in [6.45, 7) is 6.56. The van der Waals surface area contributed by atoms with Gasteiger partial charge in [-0.05, 0) is 13.5 Å². The Labute approximate surface area is 110 Å². The normalized spacial score (nSPS) is 24.3. The van der Waals surface area contributed by atoms with E-state index in [-0.39, 0.29) is 6.04 Å². The summed E-state index contributed by atoms with van der Waals surface area (Å²) >= 11 is 0. The van der Waals surface area contributed by atoms with E-state index in [1.165, 1.54) is 6.42 Å². The van der Waals surface area contributed by atoms with Crippen LogP contribution in [0.1, 0.15) is 24.9 Å². The number of aromatic nitrogens is 2. The third kappa shape index (κ3) is 3.10. The first-order chi connectivity index (χ1) is 8.60. The van der Waals surface area contributed by atoms with Crippen LogP contribution in [0.25, 0.3) is 0 Å². The van der Waals surface area contributed by atoms with Crippen LogP contribution in [0.15, 0.2) is 12.4 Å². The van der Waals surface area contributed by atoms with Crippen molar-refractivity contribution < 1.29 is 0 Å². The molecule has 1 fully saturated rings. The van der Waals surface area contributed by atoms with Crippen molar-refractivity contribution in [1.29, 1.82) is 0 Å². The van der Waals surface area contributed by atoms with E-state index in [1.54, 1.807) is 0 Å². The van der Waals surface area contributed by atoms with Crippen molar-refractivity contribution in [3.63, 3.8) is 0 Å². The number of nitrogens with two attached hydrogens (primary N) is 1. The van der Waals surface area contributed by atoms with Crippen LogP contribution in [0.5, 0.6) is 0 Å². The van der Waals surface area contributed by atoms with Crippen LogP contribution in [-0.4, -0.2) is 58.8 Å². The highest BCUT2D eigenvalue weighted by Gasteiger charge is 2.24. The monoisotopic (exact) mass is 251 g/mol. The molecule has 2 atom stereocenters. The number of likely N-dealkylation sites (N-methyl/N-ethyl adjacent to an activating group) is 1. The second-order valence-corrected chi connectivity index (χ2v) is 5.36. The molecule has 0 radical (unpaired) electrons. The highest BCUT2D eigenvalue weighted by Crippen LogP contribution is 2.15. The Hall–Kier alpha value is -0.910. The fraction of sp³-hybridized carbons (Fsp3) is 0.769. The van der Waals surface area contributed by atoms with Crippen LogP contribution >= 0.6 is 0 Å². The van der Waals surface area contributed by atoms with Gasteiger partial charge in [-0.25, -0.2) is 0 Å². The Balaban J connectivity index is 1.89. The number of piperazine rings is 1. The lowest BCUT2D eigenvalue weighted by molar-refractivity contribution is 0.0890. The van der Waals surface area contributed by atoms with Gasteiger partial charge in [0.05, 0.1) is 6.20 Å². The molecule has 0 bridgehead atoms. The summed E-state index contributed by atoms with van der Waals surface area (Å²) in [6, 6.07) is 0.736. The summed E-state index contributed by atoms with van der Waals surface area (Å²) in [7, 11) is 4.14. The van der Waals surface area contributed by atoms with Gasteiger partial charge in [0.2, 0.25) is 0 Å². The third-order valence-electron chi connectivity index (χ3n) is 3.94. The summed E-state index contributed by atoms with van der Waals surface area (Å²) in [5.74, 6) is 0. The van der Waals surface area contributed by atoms with Crippen molar-refractivity contribution in [2.24, 2.45) is 12.8 Å². The third-order valence-corrected chi connectivity index (χ3v) is 3.94. The highest BCUT2D eigenvalue weighted by atomic mass is 15.3. The summed E-state index contributed by atoms with van der Waals surface area (Å²) in [5, 5.41) is 4.18. The van der Waals surface area contributed by atoms with E-state index in [2.05, 4.69) is 28.9 Å². The quantitative estimate of drug-likeness (QED) is 0.844. The van der Waals surface area contributed by atoms with Gasteiger partial charge in [0.1, 0.15) is 0 Å². The molecule has 1 aromatic heterocycles. The Morgan fingerprint density at radius 2 is 2.22 bits per heavy atom. The first-order valence-corrected chi connectivity index (χ1v) is 6.77. The number of aryl methyl sites for hydroxylation is 1. The molecule has 0 spiro atoms. The molecule has 0 amide bonds. The van der Waals surface area contributed by atoms with E-state index >= 15 is 0 Å². The molecule has 1 aliphatic heterocycles. The lowest BCUT2D eigenvalue weighted by Gasteiger charge is -2.39. The molecule has 102 valence electrons. The zero-order valence-electron chi connectivity index (χ0n) is 11.7. The van der Waals surface area contributed by atoms with E-state index in [1.807, 2.05) is 24.1 Å². The van der Waals surface area contributed by atoms with Crippen molar-refractivity contribution in [2.75, 3.05) is 33.2 Å². The number of hydrogen-bond donors (Lipinski definition) is 1. The molecule has 0 saturated carbocycles. The van der Waals surface area contributed by atoms with Gasteiger partial charge in [-0.1, -0.05) is 6.92 Å². The molecule has 5 heteroatoms. The molecule has 18 heavy (non-hydrogen) atoms. The minimum Gasteiger partial charge on any atom is -0.323 e. The minimum absolute atomic E-state index is 0.0691. The Morgan fingerprint density at radius 3 is 2.83 bits per heavy atom. The van der Waals surface area contributed by atoms with Crippen LogP contribution in [0.3, 0.4) is 0 Å². The van der Waals surface area contributed by atoms with Gasteiger partial charge in [0, 0.05) is 57.1 Å². The van der Waals surface area contributed by atoms with Gasteiger partial charge in [0.25, 0.3) is 0 Å². The fourth-order valence-electron chi connectivity index (χ4n) is 2.63. The average molecular weight is 251 g/mol. The maximum atomic E-state index is 6.25. The molecule has 0 aliphatic carbocycles. The minimum atomic E-state index is 0.0691. The van der Waals surface area contributed by atoms with Crippen molar-refractivity contribution in [3.05, 3.63) is 18.0 Å². The van der Waals surface area contributed by atoms with E-state index in [9.17, 15) is 0 Å². The second-order valence-electron chi connectivity index (χ2n) is 5.36. The lowest BCUT2D eigenvalue weighted by Crippen LogP contribution is -2.52. The number of rotatable bonds is 4. The molecule has 2 unspecified atom stereocenters. The van der Waals surface area contributed by atoms with Crippen molar-refractivity contribution in [1.82, 2.24) is 19.6 Å². The van der Waals surface area contributed by atoms with E-state index < -0.39 is 0 Å². The van der Waals surface area contributed by atoms with Crippen LogP contribution in [0.2, 0.25) is 0 Å². The maximum absolute atomic E-state index is 6.25. The van der Waals surface area contributed by atoms with Crippen molar-refractivity contribution >= 4 is 0 Å². The standard InChI is InChI=1S/C13H25N5/c1-4-12-9-18(6-5-16(12)2)10-13(14)11-7-15-17(3)8-11/h7-8,12-13H,4-6,9-10,14H2,1-3H3. The Kier molecular flexibility index (Phi) is 4.37. The van der Waals surface area contributed by atoms with E-state index in [0.717, 1.165) is 31.7 Å². The molecule has 1 saturated heterocycles. The topological polar surface area (TPSA) is 50.3 Å². The maximum Gasteiger partial charge on any atom is 0.0537 e. The van der Waals surface area contributed by atoms with Gasteiger partial charge in [-0.3, -0.25) is 9.58 Å². The van der Waals surface area contributed by atoms with Gasteiger partial charge in [-0.2, -0.15) is 5.10 Å². The zero-order chi connectivity index (χ0) is 13.1.